The maximum Gasteiger partial charge on any atom is 0.234 e. The van der Waals surface area contributed by atoms with Gasteiger partial charge in [0.1, 0.15) is 0 Å². The molecule has 0 fully saturated rings. The summed E-state index contributed by atoms with van der Waals surface area (Å²) in [5.41, 5.74) is 2.15. The summed E-state index contributed by atoms with van der Waals surface area (Å²) < 4.78 is 0. The Kier molecular flexibility index (Phi) is 4.27. The number of hydrogen-bond donors (Lipinski definition) is 2. The summed E-state index contributed by atoms with van der Waals surface area (Å²) in [5, 5.41) is 12.4. The lowest BCUT2D eigenvalue weighted by Gasteiger charge is -2.19. The van der Waals surface area contributed by atoms with Gasteiger partial charge >= 0.3 is 0 Å². The van der Waals surface area contributed by atoms with Crippen LogP contribution >= 0.6 is 11.8 Å². The van der Waals surface area contributed by atoms with E-state index in [0.717, 1.165) is 12.0 Å². The summed E-state index contributed by atoms with van der Waals surface area (Å²) in [6, 6.07) is 17.3. The molecule has 0 saturated heterocycles. The van der Waals surface area contributed by atoms with Crippen LogP contribution in [0.2, 0.25) is 0 Å². The van der Waals surface area contributed by atoms with Crippen LogP contribution in [0.15, 0.2) is 59.5 Å². The van der Waals surface area contributed by atoms with Crippen molar-refractivity contribution in [2.24, 2.45) is 0 Å². The first-order chi connectivity index (χ1) is 10.3. The van der Waals surface area contributed by atoms with E-state index < -0.39 is 0 Å². The highest BCUT2D eigenvalue weighted by Crippen LogP contribution is 2.37. The third kappa shape index (κ3) is 3.12. The number of thioether (sulfide) groups is 1. The van der Waals surface area contributed by atoms with Gasteiger partial charge in [-0.25, -0.2) is 0 Å². The Morgan fingerprint density at radius 1 is 1.19 bits per heavy atom. The van der Waals surface area contributed by atoms with Crippen LogP contribution in [0, 0.1) is 0 Å². The molecule has 0 bridgehead atoms. The maximum atomic E-state index is 12.4. The standard InChI is InChI=1S/C17H17NO2S/c19-11-14(12-6-2-1-3-7-12)18-17(20)16-10-13-8-4-5-9-15(13)21-16/h1-9,14,16,19H,10-11H2,(H,18,20). The van der Waals surface area contributed by atoms with Crippen molar-refractivity contribution in [3.05, 3.63) is 65.7 Å². The average Bonchev–Trinajstić information content (AvgIpc) is 2.97. The first kappa shape index (κ1) is 14.2. The van der Waals surface area contributed by atoms with Gasteiger partial charge in [-0.15, -0.1) is 11.8 Å². The van der Waals surface area contributed by atoms with Gasteiger partial charge in [0, 0.05) is 4.90 Å². The Morgan fingerprint density at radius 3 is 2.62 bits per heavy atom. The lowest BCUT2D eigenvalue weighted by atomic mass is 10.1. The van der Waals surface area contributed by atoms with E-state index in [1.807, 2.05) is 48.5 Å². The van der Waals surface area contributed by atoms with E-state index in [1.54, 1.807) is 11.8 Å². The van der Waals surface area contributed by atoms with Crippen molar-refractivity contribution in [1.82, 2.24) is 5.32 Å². The second-order valence-corrected chi connectivity index (χ2v) is 6.32. The molecule has 2 N–H and O–H groups in total. The largest absolute Gasteiger partial charge is 0.394 e. The summed E-state index contributed by atoms with van der Waals surface area (Å²) in [4.78, 5) is 13.6. The number of nitrogens with one attached hydrogen (secondary N) is 1. The molecule has 0 radical (unpaired) electrons. The molecule has 1 aliphatic heterocycles. The van der Waals surface area contributed by atoms with Gasteiger partial charge in [-0.2, -0.15) is 0 Å². The minimum atomic E-state index is -0.344. The fourth-order valence-corrected chi connectivity index (χ4v) is 3.72. The van der Waals surface area contributed by atoms with E-state index in [0.29, 0.717) is 0 Å². The van der Waals surface area contributed by atoms with Gasteiger partial charge in [0.2, 0.25) is 5.91 Å². The summed E-state index contributed by atoms with van der Waals surface area (Å²) in [6.07, 6.45) is 0.750. The number of aliphatic hydroxyl groups excluding tert-OH is 1. The first-order valence-corrected chi connectivity index (χ1v) is 7.86. The number of carbonyl (C=O) groups is 1. The van der Waals surface area contributed by atoms with Crippen molar-refractivity contribution >= 4 is 17.7 Å². The monoisotopic (exact) mass is 299 g/mol. The van der Waals surface area contributed by atoms with Crippen LogP contribution in [0.5, 0.6) is 0 Å². The van der Waals surface area contributed by atoms with Gasteiger partial charge < -0.3 is 10.4 Å². The molecule has 1 heterocycles. The number of rotatable bonds is 4. The molecule has 3 nitrogen and oxygen atoms in total. The fraction of sp³-hybridized carbons (Fsp3) is 0.235. The summed E-state index contributed by atoms with van der Waals surface area (Å²) in [6.45, 7) is -0.0971. The zero-order valence-corrected chi connectivity index (χ0v) is 12.3. The molecule has 2 aromatic carbocycles. The van der Waals surface area contributed by atoms with Crippen LogP contribution in [-0.2, 0) is 11.2 Å². The van der Waals surface area contributed by atoms with Crippen LogP contribution in [0.4, 0.5) is 0 Å². The van der Waals surface area contributed by atoms with Crippen LogP contribution in [0.3, 0.4) is 0 Å². The first-order valence-electron chi connectivity index (χ1n) is 6.98. The van der Waals surface area contributed by atoms with E-state index in [4.69, 9.17) is 0 Å². The number of aliphatic hydroxyl groups is 1. The van der Waals surface area contributed by atoms with Gasteiger partial charge in [0.05, 0.1) is 17.9 Å². The van der Waals surface area contributed by atoms with Crippen molar-refractivity contribution in [2.45, 2.75) is 22.6 Å². The second kappa shape index (κ2) is 6.33. The molecule has 0 aromatic heterocycles. The Hall–Kier alpha value is -1.78. The van der Waals surface area contributed by atoms with E-state index >= 15 is 0 Å². The minimum absolute atomic E-state index is 0.0147. The molecular weight excluding hydrogens is 282 g/mol. The molecule has 2 unspecified atom stereocenters. The number of benzene rings is 2. The number of fused-ring (bicyclic) bond motifs is 1. The quantitative estimate of drug-likeness (QED) is 0.912. The SMILES string of the molecule is O=C(NC(CO)c1ccccc1)C1Cc2ccccc2S1. The number of amides is 1. The Morgan fingerprint density at radius 2 is 1.90 bits per heavy atom. The zero-order valence-electron chi connectivity index (χ0n) is 11.5. The Balaban J connectivity index is 1.67. The van der Waals surface area contributed by atoms with Crippen LogP contribution in [0.1, 0.15) is 17.2 Å². The molecule has 0 aliphatic carbocycles. The Bertz CT molecular complexity index is 605. The highest BCUT2D eigenvalue weighted by Gasteiger charge is 2.29. The molecule has 1 amide bonds. The lowest BCUT2D eigenvalue weighted by molar-refractivity contribution is -0.121. The third-order valence-electron chi connectivity index (χ3n) is 3.64. The molecule has 21 heavy (non-hydrogen) atoms. The van der Waals surface area contributed by atoms with Crippen molar-refractivity contribution in [1.29, 1.82) is 0 Å². The lowest BCUT2D eigenvalue weighted by Crippen LogP contribution is -2.37. The van der Waals surface area contributed by atoms with Crippen LogP contribution < -0.4 is 5.32 Å². The summed E-state index contributed by atoms with van der Waals surface area (Å²) >= 11 is 1.60. The molecule has 3 rings (SSSR count). The van der Waals surface area contributed by atoms with Crippen LogP contribution in [-0.4, -0.2) is 22.9 Å². The van der Waals surface area contributed by atoms with Gasteiger partial charge in [0.15, 0.2) is 0 Å². The molecular formula is C17H17NO2S. The molecule has 4 heteroatoms. The van der Waals surface area contributed by atoms with Gasteiger partial charge in [-0.05, 0) is 23.6 Å². The van der Waals surface area contributed by atoms with Crippen molar-refractivity contribution in [3.8, 4) is 0 Å². The Labute approximate surface area is 128 Å². The smallest absolute Gasteiger partial charge is 0.234 e. The highest BCUT2D eigenvalue weighted by atomic mass is 32.2. The molecule has 0 saturated carbocycles. The summed E-state index contributed by atoms with van der Waals surface area (Å²) in [7, 11) is 0. The number of hydrogen-bond acceptors (Lipinski definition) is 3. The molecule has 0 spiro atoms. The highest BCUT2D eigenvalue weighted by molar-refractivity contribution is 8.01. The second-order valence-electron chi connectivity index (χ2n) is 5.07. The van der Waals surface area contributed by atoms with Crippen molar-refractivity contribution < 1.29 is 9.90 Å². The minimum Gasteiger partial charge on any atom is -0.394 e. The maximum absolute atomic E-state index is 12.4. The zero-order chi connectivity index (χ0) is 14.7. The number of carbonyl (C=O) groups excluding carboxylic acids is 1. The predicted molar refractivity (Wildman–Crippen MR) is 84.2 cm³/mol. The normalized spacial score (nSPS) is 18.0. The van der Waals surface area contributed by atoms with Gasteiger partial charge in [0.25, 0.3) is 0 Å². The molecule has 108 valence electrons. The molecule has 2 aromatic rings. The van der Waals surface area contributed by atoms with Gasteiger partial charge in [-0.3, -0.25) is 4.79 Å². The van der Waals surface area contributed by atoms with E-state index in [-0.39, 0.29) is 23.8 Å². The molecule has 2 atom stereocenters. The third-order valence-corrected chi connectivity index (χ3v) is 4.96. The topological polar surface area (TPSA) is 49.3 Å². The van der Waals surface area contributed by atoms with Gasteiger partial charge in [-0.1, -0.05) is 48.5 Å². The van der Waals surface area contributed by atoms with E-state index in [9.17, 15) is 9.90 Å². The predicted octanol–water partition coefficient (Wildman–Crippen LogP) is 2.55. The fourth-order valence-electron chi connectivity index (χ4n) is 2.51. The van der Waals surface area contributed by atoms with Crippen molar-refractivity contribution in [2.75, 3.05) is 6.61 Å². The van der Waals surface area contributed by atoms with Crippen LogP contribution in [0.25, 0.3) is 0 Å². The summed E-state index contributed by atoms with van der Waals surface area (Å²) in [5.74, 6) is -0.0147. The average molecular weight is 299 g/mol. The van der Waals surface area contributed by atoms with Crippen molar-refractivity contribution in [3.63, 3.8) is 0 Å². The van der Waals surface area contributed by atoms with E-state index in [1.165, 1.54) is 10.5 Å². The van der Waals surface area contributed by atoms with E-state index in [2.05, 4.69) is 11.4 Å². The molecule has 1 aliphatic rings.